The molecule has 2 N–H and O–H groups in total. The smallest absolute Gasteiger partial charge is 0.349 e. The van der Waals surface area contributed by atoms with Gasteiger partial charge >= 0.3 is 5.97 Å². The molecule has 6 heteroatoms. The number of carbonyl (C=O) groups is 2. The highest BCUT2D eigenvalue weighted by Gasteiger charge is 2.17. The Morgan fingerprint density at radius 1 is 1.38 bits per heavy atom. The standard InChI is InChI=1S/C15H21NO4S/c1-10-9-12(14(21-10)15(18)19)20-8-7-13(17)16-11-5-3-2-4-6-11/h9,11H,2-8H2,1H3,(H,16,17)(H,18,19). The lowest BCUT2D eigenvalue weighted by Gasteiger charge is -2.22. The molecule has 0 spiro atoms. The number of carboxylic acids is 1. The van der Waals surface area contributed by atoms with Crippen molar-refractivity contribution in [1.29, 1.82) is 0 Å². The van der Waals surface area contributed by atoms with E-state index < -0.39 is 5.97 Å². The van der Waals surface area contributed by atoms with Gasteiger partial charge in [-0.3, -0.25) is 4.79 Å². The van der Waals surface area contributed by atoms with E-state index in [-0.39, 0.29) is 23.8 Å². The summed E-state index contributed by atoms with van der Waals surface area (Å²) in [5, 5.41) is 12.1. The van der Waals surface area contributed by atoms with Crippen molar-refractivity contribution in [2.45, 2.75) is 51.5 Å². The highest BCUT2D eigenvalue weighted by atomic mass is 32.1. The van der Waals surface area contributed by atoms with Crippen LogP contribution in [0.3, 0.4) is 0 Å². The average Bonchev–Trinajstić information content (AvgIpc) is 2.81. The van der Waals surface area contributed by atoms with Crippen LogP contribution in [0.2, 0.25) is 0 Å². The molecule has 1 saturated carbocycles. The maximum absolute atomic E-state index is 11.8. The number of hydrogen-bond donors (Lipinski definition) is 2. The van der Waals surface area contributed by atoms with Crippen molar-refractivity contribution in [1.82, 2.24) is 5.32 Å². The van der Waals surface area contributed by atoms with Gasteiger partial charge in [-0.1, -0.05) is 19.3 Å². The normalized spacial score (nSPS) is 15.7. The topological polar surface area (TPSA) is 75.6 Å². The molecular formula is C15H21NO4S. The Kier molecular flexibility index (Phi) is 5.61. The zero-order valence-corrected chi connectivity index (χ0v) is 13.0. The van der Waals surface area contributed by atoms with Crippen LogP contribution < -0.4 is 10.1 Å². The van der Waals surface area contributed by atoms with Crippen molar-refractivity contribution in [3.63, 3.8) is 0 Å². The largest absolute Gasteiger partial charge is 0.491 e. The Hall–Kier alpha value is -1.56. The molecule has 1 aromatic rings. The van der Waals surface area contributed by atoms with Crippen molar-refractivity contribution < 1.29 is 19.4 Å². The van der Waals surface area contributed by atoms with Gasteiger partial charge in [-0.25, -0.2) is 4.79 Å². The van der Waals surface area contributed by atoms with Crippen LogP contribution in [0.1, 0.15) is 53.1 Å². The van der Waals surface area contributed by atoms with Gasteiger partial charge in [-0.05, 0) is 25.8 Å². The van der Waals surface area contributed by atoms with Gasteiger partial charge in [-0.2, -0.15) is 0 Å². The van der Waals surface area contributed by atoms with Gasteiger partial charge in [0.15, 0.2) is 4.88 Å². The van der Waals surface area contributed by atoms with Gasteiger partial charge < -0.3 is 15.2 Å². The van der Waals surface area contributed by atoms with E-state index >= 15 is 0 Å². The fraction of sp³-hybridized carbons (Fsp3) is 0.600. The zero-order chi connectivity index (χ0) is 15.2. The molecule has 5 nitrogen and oxygen atoms in total. The first-order valence-corrected chi connectivity index (χ1v) is 8.14. The maximum atomic E-state index is 11.8. The molecule has 0 radical (unpaired) electrons. The molecule has 116 valence electrons. The third-order valence-electron chi connectivity index (χ3n) is 3.57. The van der Waals surface area contributed by atoms with Crippen LogP contribution in [0.5, 0.6) is 5.75 Å². The van der Waals surface area contributed by atoms with Gasteiger partial charge in [0.05, 0.1) is 13.0 Å². The summed E-state index contributed by atoms with van der Waals surface area (Å²) >= 11 is 1.18. The van der Waals surface area contributed by atoms with Gasteiger partial charge in [0.25, 0.3) is 0 Å². The first kappa shape index (κ1) is 15.8. The number of amides is 1. The van der Waals surface area contributed by atoms with Crippen LogP contribution >= 0.6 is 11.3 Å². The minimum absolute atomic E-state index is 0.0225. The number of nitrogens with one attached hydrogen (secondary N) is 1. The Morgan fingerprint density at radius 2 is 2.10 bits per heavy atom. The highest BCUT2D eigenvalue weighted by Crippen LogP contribution is 2.28. The molecule has 0 aromatic carbocycles. The number of rotatable bonds is 6. The van der Waals surface area contributed by atoms with Gasteiger partial charge in [0.1, 0.15) is 5.75 Å². The minimum atomic E-state index is -0.991. The molecule has 0 saturated heterocycles. The summed E-state index contributed by atoms with van der Waals surface area (Å²) in [4.78, 5) is 23.9. The lowest BCUT2D eigenvalue weighted by atomic mass is 9.95. The van der Waals surface area contributed by atoms with Crippen molar-refractivity contribution in [3.05, 3.63) is 15.8 Å². The van der Waals surface area contributed by atoms with Crippen LogP contribution in [-0.4, -0.2) is 29.6 Å². The molecule has 1 amide bonds. The molecule has 1 fully saturated rings. The Morgan fingerprint density at radius 3 is 2.76 bits per heavy atom. The van der Waals surface area contributed by atoms with E-state index in [1.165, 1.54) is 30.6 Å². The van der Waals surface area contributed by atoms with Crippen molar-refractivity contribution in [3.8, 4) is 5.75 Å². The molecule has 0 unspecified atom stereocenters. The van der Waals surface area contributed by atoms with E-state index in [4.69, 9.17) is 9.84 Å². The Labute approximate surface area is 128 Å². The molecule has 1 heterocycles. The number of aryl methyl sites for hydroxylation is 1. The van der Waals surface area contributed by atoms with Crippen LogP contribution in [0.15, 0.2) is 6.07 Å². The lowest BCUT2D eigenvalue weighted by Crippen LogP contribution is -2.36. The van der Waals surface area contributed by atoms with Crippen molar-refractivity contribution in [2.24, 2.45) is 0 Å². The summed E-state index contributed by atoms with van der Waals surface area (Å²) in [6.45, 7) is 2.04. The predicted octanol–water partition coefficient (Wildman–Crippen LogP) is 2.97. The van der Waals surface area contributed by atoms with E-state index in [1.54, 1.807) is 6.07 Å². The van der Waals surface area contributed by atoms with E-state index in [0.717, 1.165) is 17.7 Å². The molecule has 1 aliphatic rings. The van der Waals surface area contributed by atoms with E-state index in [2.05, 4.69) is 5.32 Å². The number of thiophene rings is 1. The average molecular weight is 311 g/mol. The monoisotopic (exact) mass is 311 g/mol. The van der Waals surface area contributed by atoms with E-state index in [0.29, 0.717) is 11.8 Å². The Bertz CT molecular complexity index is 506. The van der Waals surface area contributed by atoms with Gasteiger partial charge in [-0.15, -0.1) is 11.3 Å². The van der Waals surface area contributed by atoms with Gasteiger partial charge in [0, 0.05) is 10.9 Å². The van der Waals surface area contributed by atoms with E-state index in [1.807, 2.05) is 6.92 Å². The minimum Gasteiger partial charge on any atom is -0.491 e. The van der Waals surface area contributed by atoms with Crippen LogP contribution in [0.4, 0.5) is 0 Å². The predicted molar refractivity (Wildman–Crippen MR) is 81.1 cm³/mol. The summed E-state index contributed by atoms with van der Waals surface area (Å²) < 4.78 is 5.45. The number of aromatic carboxylic acids is 1. The molecular weight excluding hydrogens is 290 g/mol. The molecule has 2 rings (SSSR count). The summed E-state index contributed by atoms with van der Waals surface area (Å²) in [5.41, 5.74) is 0. The summed E-state index contributed by atoms with van der Waals surface area (Å²) in [7, 11) is 0. The third-order valence-corrected chi connectivity index (χ3v) is 4.59. The highest BCUT2D eigenvalue weighted by molar-refractivity contribution is 7.14. The second kappa shape index (κ2) is 7.45. The molecule has 0 aliphatic heterocycles. The van der Waals surface area contributed by atoms with Crippen molar-refractivity contribution >= 4 is 23.2 Å². The fourth-order valence-corrected chi connectivity index (χ4v) is 3.34. The zero-order valence-electron chi connectivity index (χ0n) is 12.2. The third kappa shape index (κ3) is 4.74. The molecule has 0 atom stereocenters. The molecule has 1 aliphatic carbocycles. The fourth-order valence-electron chi connectivity index (χ4n) is 2.55. The second-order valence-electron chi connectivity index (χ2n) is 5.36. The van der Waals surface area contributed by atoms with Crippen LogP contribution in [0.25, 0.3) is 0 Å². The number of carboxylic acid groups (broad SMARTS) is 1. The van der Waals surface area contributed by atoms with Crippen molar-refractivity contribution in [2.75, 3.05) is 6.61 Å². The molecule has 0 bridgehead atoms. The quantitative estimate of drug-likeness (QED) is 0.847. The lowest BCUT2D eigenvalue weighted by molar-refractivity contribution is -0.122. The second-order valence-corrected chi connectivity index (χ2v) is 6.61. The van der Waals surface area contributed by atoms with Gasteiger partial charge in [0.2, 0.25) is 5.91 Å². The first-order valence-electron chi connectivity index (χ1n) is 7.32. The SMILES string of the molecule is Cc1cc(OCCC(=O)NC2CCCCC2)c(C(=O)O)s1. The number of ether oxygens (including phenoxy) is 1. The molecule has 21 heavy (non-hydrogen) atoms. The number of carbonyl (C=O) groups excluding carboxylic acids is 1. The van der Waals surface area contributed by atoms with E-state index in [9.17, 15) is 9.59 Å². The van der Waals surface area contributed by atoms with Crippen LogP contribution in [0, 0.1) is 6.92 Å². The maximum Gasteiger partial charge on any atom is 0.349 e. The van der Waals surface area contributed by atoms with Crippen LogP contribution in [-0.2, 0) is 4.79 Å². The first-order chi connectivity index (χ1) is 10.1. The molecule has 1 aromatic heterocycles. The number of hydrogen-bond acceptors (Lipinski definition) is 4. The summed E-state index contributed by atoms with van der Waals surface area (Å²) in [6.07, 6.45) is 5.98. The summed E-state index contributed by atoms with van der Waals surface area (Å²) in [5.74, 6) is -0.657. The summed E-state index contributed by atoms with van der Waals surface area (Å²) in [6, 6.07) is 2.00. The Balaban J connectivity index is 1.76.